The summed E-state index contributed by atoms with van der Waals surface area (Å²) >= 11 is 0. The first-order valence-electron chi connectivity index (χ1n) is 6.10. The van der Waals surface area contributed by atoms with E-state index in [-0.39, 0.29) is 6.10 Å². The minimum absolute atomic E-state index is 0.211. The van der Waals surface area contributed by atoms with Gasteiger partial charge in [-0.2, -0.15) is 0 Å². The lowest BCUT2D eigenvalue weighted by molar-refractivity contribution is -0.0605. The average molecular weight is 219 g/mol. The molecule has 16 heavy (non-hydrogen) atoms. The van der Waals surface area contributed by atoms with Gasteiger partial charge in [0.2, 0.25) is 0 Å². The molecular formula is C14H21NO. The summed E-state index contributed by atoms with van der Waals surface area (Å²) in [6.45, 7) is 8.48. The number of benzene rings is 1. The van der Waals surface area contributed by atoms with Gasteiger partial charge in [-0.3, -0.25) is 0 Å². The summed E-state index contributed by atoms with van der Waals surface area (Å²) in [5, 5.41) is 3.47. The molecule has 1 heterocycles. The van der Waals surface area contributed by atoms with Gasteiger partial charge in [0.25, 0.3) is 0 Å². The van der Waals surface area contributed by atoms with Crippen LogP contribution in [0, 0.1) is 12.8 Å². The molecule has 0 radical (unpaired) electrons. The van der Waals surface area contributed by atoms with Gasteiger partial charge in [0.1, 0.15) is 0 Å². The second-order valence-corrected chi connectivity index (χ2v) is 4.92. The third kappa shape index (κ3) is 2.45. The minimum Gasteiger partial charge on any atom is -0.367 e. The summed E-state index contributed by atoms with van der Waals surface area (Å²) in [6, 6.07) is 8.49. The molecule has 0 bridgehead atoms. The fourth-order valence-corrected chi connectivity index (χ4v) is 2.19. The highest BCUT2D eigenvalue weighted by atomic mass is 16.5. The largest absolute Gasteiger partial charge is 0.367 e. The van der Waals surface area contributed by atoms with Gasteiger partial charge >= 0.3 is 0 Å². The Labute approximate surface area is 98.0 Å². The van der Waals surface area contributed by atoms with Crippen LogP contribution in [0.1, 0.15) is 31.1 Å². The van der Waals surface area contributed by atoms with Crippen LogP contribution < -0.4 is 5.32 Å². The van der Waals surface area contributed by atoms with E-state index in [9.17, 15) is 0 Å². The lowest BCUT2D eigenvalue weighted by Gasteiger charge is -2.34. The summed E-state index contributed by atoms with van der Waals surface area (Å²) in [5.41, 5.74) is 2.64. The quantitative estimate of drug-likeness (QED) is 0.825. The third-order valence-electron chi connectivity index (χ3n) is 3.29. The number of morpholine rings is 1. The molecule has 1 aromatic rings. The van der Waals surface area contributed by atoms with Crippen molar-refractivity contribution < 1.29 is 4.74 Å². The average Bonchev–Trinajstić information content (AvgIpc) is 2.30. The maximum atomic E-state index is 6.15. The van der Waals surface area contributed by atoms with Crippen LogP contribution in [0.25, 0.3) is 0 Å². The summed E-state index contributed by atoms with van der Waals surface area (Å²) < 4.78 is 6.15. The monoisotopic (exact) mass is 219 g/mol. The van der Waals surface area contributed by atoms with Crippen molar-refractivity contribution in [2.24, 2.45) is 5.92 Å². The molecule has 2 rings (SSSR count). The molecule has 1 aromatic carbocycles. The van der Waals surface area contributed by atoms with Crippen LogP contribution in [0.4, 0.5) is 0 Å². The topological polar surface area (TPSA) is 21.3 Å². The maximum absolute atomic E-state index is 6.15. The van der Waals surface area contributed by atoms with Crippen LogP contribution >= 0.6 is 0 Å². The smallest absolute Gasteiger partial charge is 0.0956 e. The van der Waals surface area contributed by atoms with Crippen LogP contribution in [0.15, 0.2) is 24.3 Å². The molecule has 0 spiro atoms. The highest BCUT2D eigenvalue weighted by Crippen LogP contribution is 2.26. The van der Waals surface area contributed by atoms with E-state index in [0.29, 0.717) is 12.0 Å². The Balaban J connectivity index is 2.13. The second kappa shape index (κ2) is 4.98. The van der Waals surface area contributed by atoms with Gasteiger partial charge in [-0.25, -0.2) is 0 Å². The first kappa shape index (κ1) is 11.6. The van der Waals surface area contributed by atoms with E-state index in [2.05, 4.69) is 50.4 Å². The van der Waals surface area contributed by atoms with Crippen LogP contribution in [-0.2, 0) is 4.74 Å². The highest BCUT2D eigenvalue weighted by Gasteiger charge is 2.25. The molecule has 2 nitrogen and oxygen atoms in total. The normalized spacial score (nSPS) is 26.0. The predicted octanol–water partition coefficient (Wildman–Crippen LogP) is 2.68. The zero-order valence-corrected chi connectivity index (χ0v) is 10.4. The number of aryl methyl sites for hydroxylation is 1. The number of hydrogen-bond donors (Lipinski definition) is 1. The molecule has 0 aliphatic carbocycles. The zero-order chi connectivity index (χ0) is 11.5. The Morgan fingerprint density at radius 1 is 1.25 bits per heavy atom. The molecule has 1 saturated heterocycles. The molecule has 1 aliphatic rings. The van der Waals surface area contributed by atoms with Crippen LogP contribution in [0.5, 0.6) is 0 Å². The van der Waals surface area contributed by atoms with Gasteiger partial charge < -0.3 is 10.1 Å². The summed E-state index contributed by atoms with van der Waals surface area (Å²) in [6.07, 6.45) is 0.542. The van der Waals surface area contributed by atoms with E-state index < -0.39 is 0 Å². The van der Waals surface area contributed by atoms with Crippen LogP contribution in [0.2, 0.25) is 0 Å². The van der Waals surface area contributed by atoms with Crippen molar-refractivity contribution in [1.29, 1.82) is 0 Å². The predicted molar refractivity (Wildman–Crippen MR) is 66.5 cm³/mol. The van der Waals surface area contributed by atoms with Crippen LogP contribution in [0.3, 0.4) is 0 Å². The Morgan fingerprint density at radius 2 is 2.00 bits per heavy atom. The van der Waals surface area contributed by atoms with Gasteiger partial charge in [0, 0.05) is 13.1 Å². The molecule has 2 atom stereocenters. The van der Waals surface area contributed by atoms with Crippen molar-refractivity contribution in [2.75, 3.05) is 13.1 Å². The molecule has 1 aliphatic heterocycles. The van der Waals surface area contributed by atoms with E-state index in [1.54, 1.807) is 0 Å². The minimum atomic E-state index is 0.211. The summed E-state index contributed by atoms with van der Waals surface area (Å²) in [4.78, 5) is 0. The zero-order valence-electron chi connectivity index (χ0n) is 10.4. The van der Waals surface area contributed by atoms with Gasteiger partial charge in [-0.15, -0.1) is 0 Å². The van der Waals surface area contributed by atoms with Crippen molar-refractivity contribution in [1.82, 2.24) is 5.32 Å². The molecule has 0 aromatic heterocycles. The van der Waals surface area contributed by atoms with E-state index in [1.165, 1.54) is 11.1 Å². The Hall–Kier alpha value is -0.860. The van der Waals surface area contributed by atoms with E-state index in [1.807, 2.05) is 0 Å². The van der Waals surface area contributed by atoms with E-state index >= 15 is 0 Å². The molecule has 0 amide bonds. The fraction of sp³-hybridized carbons (Fsp3) is 0.571. The Bertz CT molecular complexity index is 348. The van der Waals surface area contributed by atoms with Gasteiger partial charge in [0.15, 0.2) is 0 Å². The van der Waals surface area contributed by atoms with E-state index in [0.717, 1.165) is 13.1 Å². The molecule has 1 N–H and O–H groups in total. The van der Waals surface area contributed by atoms with Gasteiger partial charge in [-0.05, 0) is 24.0 Å². The highest BCUT2D eigenvalue weighted by molar-refractivity contribution is 5.28. The SMILES string of the molecule is Cc1ccccc1C1CNCC(C(C)C)O1. The summed E-state index contributed by atoms with van der Waals surface area (Å²) in [5.74, 6) is 0.569. The Kier molecular flexibility index (Phi) is 3.62. The lowest BCUT2D eigenvalue weighted by Crippen LogP contribution is -2.43. The molecular weight excluding hydrogens is 198 g/mol. The number of nitrogens with one attached hydrogen (secondary N) is 1. The molecule has 0 saturated carbocycles. The van der Waals surface area contributed by atoms with Crippen molar-refractivity contribution in [3.05, 3.63) is 35.4 Å². The van der Waals surface area contributed by atoms with Gasteiger partial charge in [0.05, 0.1) is 12.2 Å². The van der Waals surface area contributed by atoms with Crippen molar-refractivity contribution in [2.45, 2.75) is 33.0 Å². The lowest BCUT2D eigenvalue weighted by atomic mass is 10.00. The molecule has 2 unspecified atom stereocenters. The molecule has 88 valence electrons. The Morgan fingerprint density at radius 3 is 2.69 bits per heavy atom. The fourth-order valence-electron chi connectivity index (χ4n) is 2.19. The second-order valence-electron chi connectivity index (χ2n) is 4.92. The summed E-state index contributed by atoms with van der Waals surface area (Å²) in [7, 11) is 0. The van der Waals surface area contributed by atoms with Crippen molar-refractivity contribution in [3.63, 3.8) is 0 Å². The maximum Gasteiger partial charge on any atom is 0.0956 e. The number of hydrogen-bond acceptors (Lipinski definition) is 2. The standard InChI is InChI=1S/C14H21NO/c1-10(2)13-8-15-9-14(16-13)12-7-5-4-6-11(12)3/h4-7,10,13-15H,8-9H2,1-3H3. The first-order chi connectivity index (χ1) is 7.68. The van der Waals surface area contributed by atoms with Crippen LogP contribution in [-0.4, -0.2) is 19.2 Å². The number of ether oxygens (including phenoxy) is 1. The van der Waals surface area contributed by atoms with Gasteiger partial charge in [-0.1, -0.05) is 38.1 Å². The van der Waals surface area contributed by atoms with Crippen molar-refractivity contribution >= 4 is 0 Å². The van der Waals surface area contributed by atoms with E-state index in [4.69, 9.17) is 4.74 Å². The van der Waals surface area contributed by atoms with Crippen molar-refractivity contribution in [3.8, 4) is 0 Å². The third-order valence-corrected chi connectivity index (χ3v) is 3.29. The molecule has 2 heteroatoms. The first-order valence-corrected chi connectivity index (χ1v) is 6.10. The molecule has 1 fully saturated rings. The number of rotatable bonds is 2.